The van der Waals surface area contributed by atoms with Crippen LogP contribution in [0.25, 0.3) is 0 Å². The minimum Gasteiger partial charge on any atom is -0.489 e. The van der Waals surface area contributed by atoms with Crippen molar-refractivity contribution in [1.82, 2.24) is 0 Å². The summed E-state index contributed by atoms with van der Waals surface area (Å²) in [6.45, 7) is 5.08. The van der Waals surface area contributed by atoms with Gasteiger partial charge in [0.25, 0.3) is 0 Å². The lowest BCUT2D eigenvalue weighted by molar-refractivity contribution is 0.261. The third-order valence-electron chi connectivity index (χ3n) is 2.23. The molecule has 0 aromatic heterocycles. The summed E-state index contributed by atoms with van der Waals surface area (Å²) >= 11 is 6.07. The van der Waals surface area contributed by atoms with Gasteiger partial charge in [-0.05, 0) is 18.1 Å². The van der Waals surface area contributed by atoms with Crippen LogP contribution < -0.4 is 4.74 Å². The van der Waals surface area contributed by atoms with E-state index in [1.54, 1.807) is 0 Å². The predicted octanol–water partition coefficient (Wildman–Crippen LogP) is 2.85. The number of rotatable bonds is 5. The Hall–Kier alpha value is -0.990. The Morgan fingerprint density at radius 1 is 1.60 bits per heavy atom. The summed E-state index contributed by atoms with van der Waals surface area (Å²) in [7, 11) is 0. The fourth-order valence-corrected chi connectivity index (χ4v) is 1.62. The van der Waals surface area contributed by atoms with Crippen molar-refractivity contribution in [1.29, 1.82) is 0 Å². The first-order chi connectivity index (χ1) is 7.31. The summed E-state index contributed by atoms with van der Waals surface area (Å²) < 4.78 is 10.7. The molecule has 0 bridgehead atoms. The number of benzene rings is 1. The van der Waals surface area contributed by atoms with Gasteiger partial charge in [-0.15, -0.1) is 6.58 Å². The van der Waals surface area contributed by atoms with E-state index in [1.165, 1.54) is 0 Å². The van der Waals surface area contributed by atoms with E-state index in [0.29, 0.717) is 11.6 Å². The van der Waals surface area contributed by atoms with Crippen LogP contribution in [0.5, 0.6) is 5.75 Å². The molecule has 2 nitrogen and oxygen atoms in total. The molecular weight excluding hydrogens is 212 g/mol. The van der Waals surface area contributed by atoms with Crippen molar-refractivity contribution in [2.24, 2.45) is 0 Å². The summed E-state index contributed by atoms with van der Waals surface area (Å²) in [6, 6.07) is 5.75. The van der Waals surface area contributed by atoms with Gasteiger partial charge >= 0.3 is 0 Å². The highest BCUT2D eigenvalue weighted by Gasteiger charge is 2.23. The lowest BCUT2D eigenvalue weighted by Gasteiger charge is -2.10. The molecule has 3 heteroatoms. The van der Waals surface area contributed by atoms with Gasteiger partial charge in [-0.3, -0.25) is 0 Å². The molecule has 1 aromatic carbocycles. The monoisotopic (exact) mass is 224 g/mol. The smallest absolute Gasteiger partial charge is 0.141 e. The van der Waals surface area contributed by atoms with Crippen LogP contribution in [0, 0.1) is 0 Å². The summed E-state index contributed by atoms with van der Waals surface area (Å²) in [5.74, 6) is 0.759. The van der Waals surface area contributed by atoms with Crippen molar-refractivity contribution in [2.45, 2.75) is 12.5 Å². The molecule has 1 aromatic rings. The lowest BCUT2D eigenvalue weighted by atomic mass is 10.1. The Kier molecular flexibility index (Phi) is 3.29. The van der Waals surface area contributed by atoms with Gasteiger partial charge < -0.3 is 9.47 Å². The van der Waals surface area contributed by atoms with Crippen LogP contribution in [-0.4, -0.2) is 19.3 Å². The average molecular weight is 225 g/mol. The predicted molar refractivity (Wildman–Crippen MR) is 60.6 cm³/mol. The SMILES string of the molecule is C=CCc1cccc(Cl)c1OCC1CO1. The molecule has 80 valence electrons. The molecule has 0 amide bonds. The molecule has 1 heterocycles. The number of epoxide rings is 1. The van der Waals surface area contributed by atoms with E-state index < -0.39 is 0 Å². The molecule has 1 saturated heterocycles. The minimum atomic E-state index is 0.248. The Morgan fingerprint density at radius 3 is 3.07 bits per heavy atom. The van der Waals surface area contributed by atoms with Gasteiger partial charge in [-0.25, -0.2) is 0 Å². The van der Waals surface area contributed by atoms with E-state index in [1.807, 2.05) is 24.3 Å². The van der Waals surface area contributed by atoms with Crippen LogP contribution in [0.15, 0.2) is 30.9 Å². The van der Waals surface area contributed by atoms with E-state index >= 15 is 0 Å². The molecule has 0 aliphatic carbocycles. The highest BCUT2D eigenvalue weighted by atomic mass is 35.5. The molecule has 1 fully saturated rings. The van der Waals surface area contributed by atoms with Gasteiger partial charge in [0.15, 0.2) is 0 Å². The van der Waals surface area contributed by atoms with Crippen molar-refractivity contribution in [3.63, 3.8) is 0 Å². The highest BCUT2D eigenvalue weighted by molar-refractivity contribution is 6.32. The van der Waals surface area contributed by atoms with Gasteiger partial charge in [0.2, 0.25) is 0 Å². The second kappa shape index (κ2) is 4.69. The normalized spacial score (nSPS) is 18.6. The second-order valence-electron chi connectivity index (χ2n) is 3.49. The number of hydrogen-bond acceptors (Lipinski definition) is 2. The maximum atomic E-state index is 6.07. The lowest BCUT2D eigenvalue weighted by Crippen LogP contribution is -2.06. The number of ether oxygens (including phenoxy) is 2. The third-order valence-corrected chi connectivity index (χ3v) is 2.53. The summed E-state index contributed by atoms with van der Waals surface area (Å²) in [5, 5.41) is 0.648. The molecule has 0 saturated carbocycles. The van der Waals surface area contributed by atoms with Crippen molar-refractivity contribution < 1.29 is 9.47 Å². The van der Waals surface area contributed by atoms with Gasteiger partial charge in [0, 0.05) is 0 Å². The fraction of sp³-hybridized carbons (Fsp3) is 0.333. The van der Waals surface area contributed by atoms with Gasteiger partial charge in [0.1, 0.15) is 18.5 Å². The summed E-state index contributed by atoms with van der Waals surface area (Å²) in [6.07, 6.45) is 2.85. The van der Waals surface area contributed by atoms with Crippen LogP contribution in [0.3, 0.4) is 0 Å². The first-order valence-electron chi connectivity index (χ1n) is 4.94. The minimum absolute atomic E-state index is 0.248. The van der Waals surface area contributed by atoms with Gasteiger partial charge in [-0.1, -0.05) is 29.8 Å². The number of halogens is 1. The number of allylic oxidation sites excluding steroid dienone is 1. The topological polar surface area (TPSA) is 21.8 Å². The van der Waals surface area contributed by atoms with Crippen molar-refractivity contribution in [3.8, 4) is 5.75 Å². The molecule has 1 aliphatic heterocycles. The maximum absolute atomic E-state index is 6.07. The summed E-state index contributed by atoms with van der Waals surface area (Å²) in [5.41, 5.74) is 1.07. The first kappa shape index (κ1) is 10.5. The van der Waals surface area contributed by atoms with Crippen LogP contribution in [0.4, 0.5) is 0 Å². The van der Waals surface area contributed by atoms with E-state index in [-0.39, 0.29) is 6.10 Å². The number of hydrogen-bond donors (Lipinski definition) is 0. The van der Waals surface area contributed by atoms with Gasteiger partial charge in [0.05, 0.1) is 11.6 Å². The van der Waals surface area contributed by atoms with Crippen molar-refractivity contribution in [2.75, 3.05) is 13.2 Å². The Bertz CT molecular complexity index is 359. The van der Waals surface area contributed by atoms with Gasteiger partial charge in [-0.2, -0.15) is 0 Å². The number of para-hydroxylation sites is 1. The zero-order chi connectivity index (χ0) is 10.7. The van der Waals surface area contributed by atoms with Crippen LogP contribution in [0.1, 0.15) is 5.56 Å². The molecule has 1 unspecified atom stereocenters. The molecule has 1 atom stereocenters. The van der Waals surface area contributed by atoms with Crippen LogP contribution in [0.2, 0.25) is 5.02 Å². The molecule has 2 rings (SSSR count). The molecule has 0 radical (unpaired) electrons. The Labute approximate surface area is 94.5 Å². The molecular formula is C12H13ClO2. The average Bonchev–Trinajstić information content (AvgIpc) is 3.01. The first-order valence-corrected chi connectivity index (χ1v) is 5.31. The highest BCUT2D eigenvalue weighted by Crippen LogP contribution is 2.30. The molecule has 0 spiro atoms. The van der Waals surface area contributed by atoms with Crippen molar-refractivity contribution in [3.05, 3.63) is 41.4 Å². The fourth-order valence-electron chi connectivity index (χ4n) is 1.37. The van der Waals surface area contributed by atoms with E-state index in [9.17, 15) is 0 Å². The van der Waals surface area contributed by atoms with Crippen LogP contribution >= 0.6 is 11.6 Å². The Morgan fingerprint density at radius 2 is 2.40 bits per heavy atom. The quantitative estimate of drug-likeness (QED) is 0.567. The maximum Gasteiger partial charge on any atom is 0.141 e. The molecule has 15 heavy (non-hydrogen) atoms. The zero-order valence-corrected chi connectivity index (χ0v) is 9.17. The molecule has 0 N–H and O–H groups in total. The third kappa shape index (κ3) is 2.74. The van der Waals surface area contributed by atoms with E-state index in [4.69, 9.17) is 21.1 Å². The largest absolute Gasteiger partial charge is 0.489 e. The standard InChI is InChI=1S/C12H13ClO2/c1-2-4-9-5-3-6-11(13)12(9)15-8-10-7-14-10/h2-3,5-6,10H,1,4,7-8H2. The second-order valence-corrected chi connectivity index (χ2v) is 3.89. The van der Waals surface area contributed by atoms with E-state index in [0.717, 1.165) is 24.3 Å². The molecule has 1 aliphatic rings. The van der Waals surface area contributed by atoms with E-state index in [2.05, 4.69) is 6.58 Å². The zero-order valence-electron chi connectivity index (χ0n) is 8.41. The van der Waals surface area contributed by atoms with Crippen LogP contribution in [-0.2, 0) is 11.2 Å². The van der Waals surface area contributed by atoms with Crippen molar-refractivity contribution >= 4 is 11.6 Å². The summed E-state index contributed by atoms with van der Waals surface area (Å²) in [4.78, 5) is 0. The Balaban J connectivity index is 2.12.